The third-order valence-electron chi connectivity index (χ3n) is 6.38. The molecule has 166 valence electrons. The fourth-order valence-corrected chi connectivity index (χ4v) is 4.55. The van der Waals surface area contributed by atoms with Gasteiger partial charge in [0.25, 0.3) is 11.5 Å². The molecule has 2 unspecified atom stereocenters. The lowest BCUT2D eigenvalue weighted by atomic mass is 9.99. The number of carbonyl (C=O) groups excluding carboxylic acids is 2. The highest BCUT2D eigenvalue weighted by Gasteiger charge is 2.31. The molecule has 0 radical (unpaired) electrons. The minimum Gasteiger partial charge on any atom is -0.453 e. The summed E-state index contributed by atoms with van der Waals surface area (Å²) in [5.41, 5.74) is 0.600. The van der Waals surface area contributed by atoms with E-state index in [2.05, 4.69) is 11.9 Å². The summed E-state index contributed by atoms with van der Waals surface area (Å²) in [6, 6.07) is 7.70. The number of rotatable bonds is 7. The van der Waals surface area contributed by atoms with Gasteiger partial charge in [-0.15, -0.1) is 0 Å². The average Bonchev–Trinajstić information content (AvgIpc) is 3.62. The van der Waals surface area contributed by atoms with E-state index in [0.717, 1.165) is 45.1 Å². The van der Waals surface area contributed by atoms with Gasteiger partial charge >= 0.3 is 5.97 Å². The number of amides is 1. The zero-order chi connectivity index (χ0) is 22.0. The van der Waals surface area contributed by atoms with Crippen molar-refractivity contribution in [3.05, 3.63) is 40.4 Å². The Morgan fingerprint density at radius 2 is 1.97 bits per heavy atom. The molecule has 7 nitrogen and oxygen atoms in total. The predicted molar refractivity (Wildman–Crippen MR) is 118 cm³/mol. The maximum Gasteiger partial charge on any atom is 0.307 e. The predicted octanol–water partition coefficient (Wildman–Crippen LogP) is 3.39. The molecule has 0 N–H and O–H groups in total. The zero-order valence-electron chi connectivity index (χ0n) is 18.4. The highest BCUT2D eigenvalue weighted by molar-refractivity contribution is 5.84. The number of hydrogen-bond donors (Lipinski definition) is 0. The summed E-state index contributed by atoms with van der Waals surface area (Å²) < 4.78 is 7.21. The van der Waals surface area contributed by atoms with Crippen LogP contribution in [0.15, 0.2) is 29.1 Å². The highest BCUT2D eigenvalue weighted by atomic mass is 16.5. The van der Waals surface area contributed by atoms with Crippen molar-refractivity contribution in [1.82, 2.24) is 14.5 Å². The Morgan fingerprint density at radius 3 is 2.71 bits per heavy atom. The molecule has 1 aliphatic heterocycles. The lowest BCUT2D eigenvalue weighted by molar-refractivity contribution is -0.161. The molecule has 1 saturated carbocycles. The van der Waals surface area contributed by atoms with Crippen molar-refractivity contribution < 1.29 is 14.3 Å². The molecule has 1 aromatic heterocycles. The number of aromatic nitrogens is 2. The van der Waals surface area contributed by atoms with Gasteiger partial charge in [0, 0.05) is 25.0 Å². The van der Waals surface area contributed by atoms with Crippen LogP contribution in [-0.2, 0) is 20.7 Å². The van der Waals surface area contributed by atoms with Gasteiger partial charge in [-0.2, -0.15) is 0 Å². The number of piperidine rings is 1. The number of likely N-dealkylation sites (tertiary alicyclic amines) is 1. The summed E-state index contributed by atoms with van der Waals surface area (Å²) in [6.07, 6.45) is 5.58. The van der Waals surface area contributed by atoms with Gasteiger partial charge in [-0.05, 0) is 57.6 Å². The molecule has 2 aromatic rings. The third kappa shape index (κ3) is 4.65. The fourth-order valence-electron chi connectivity index (χ4n) is 4.55. The number of carbonyl (C=O) groups is 2. The van der Waals surface area contributed by atoms with Gasteiger partial charge in [0.1, 0.15) is 5.82 Å². The SMILES string of the molecule is CCC1CCCCN1C(=O)C(C)OC(=O)CCc1nc2ccccc2c(=O)n1C1CC1. The monoisotopic (exact) mass is 425 g/mol. The second-order valence-corrected chi connectivity index (χ2v) is 8.67. The van der Waals surface area contributed by atoms with Gasteiger partial charge in [0.15, 0.2) is 6.10 Å². The van der Waals surface area contributed by atoms with Gasteiger partial charge < -0.3 is 9.64 Å². The summed E-state index contributed by atoms with van der Waals surface area (Å²) in [6.45, 7) is 4.47. The Bertz CT molecular complexity index is 1030. The number of nitrogens with zero attached hydrogens (tertiary/aromatic N) is 3. The number of esters is 1. The number of fused-ring (bicyclic) bond motifs is 1. The van der Waals surface area contributed by atoms with E-state index in [1.807, 2.05) is 23.1 Å². The number of hydrogen-bond acceptors (Lipinski definition) is 5. The Labute approximate surface area is 182 Å². The quantitative estimate of drug-likeness (QED) is 0.635. The molecular formula is C24H31N3O4. The topological polar surface area (TPSA) is 81.5 Å². The van der Waals surface area contributed by atoms with E-state index >= 15 is 0 Å². The van der Waals surface area contributed by atoms with Crippen LogP contribution < -0.4 is 5.56 Å². The van der Waals surface area contributed by atoms with Crippen molar-refractivity contribution in [2.24, 2.45) is 0 Å². The number of para-hydroxylation sites is 1. The average molecular weight is 426 g/mol. The number of benzene rings is 1. The van der Waals surface area contributed by atoms with Crippen molar-refractivity contribution in [2.45, 2.75) is 83.4 Å². The second-order valence-electron chi connectivity index (χ2n) is 8.67. The standard InChI is InChI=1S/C24H31N3O4/c1-3-17-8-6-7-15-26(17)23(29)16(2)31-22(28)14-13-21-25-20-10-5-4-9-19(20)24(30)27(21)18-11-12-18/h4-5,9-10,16-18H,3,6-8,11-15H2,1-2H3. The molecule has 4 rings (SSSR count). The molecule has 1 aromatic carbocycles. The van der Waals surface area contributed by atoms with Crippen LogP contribution >= 0.6 is 0 Å². The Hall–Kier alpha value is -2.70. The van der Waals surface area contributed by atoms with Crippen molar-refractivity contribution in [2.75, 3.05) is 6.54 Å². The van der Waals surface area contributed by atoms with Gasteiger partial charge in [0.05, 0.1) is 17.3 Å². The molecule has 1 amide bonds. The summed E-state index contributed by atoms with van der Waals surface area (Å²) in [4.78, 5) is 44.8. The van der Waals surface area contributed by atoms with E-state index in [1.54, 1.807) is 17.6 Å². The van der Waals surface area contributed by atoms with Gasteiger partial charge in [0.2, 0.25) is 0 Å². The molecular weight excluding hydrogens is 394 g/mol. The van der Waals surface area contributed by atoms with Gasteiger partial charge in [-0.25, -0.2) is 4.98 Å². The summed E-state index contributed by atoms with van der Waals surface area (Å²) >= 11 is 0. The largest absolute Gasteiger partial charge is 0.453 e. The van der Waals surface area contributed by atoms with E-state index in [1.165, 1.54) is 0 Å². The van der Waals surface area contributed by atoms with Crippen LogP contribution in [-0.4, -0.2) is 45.0 Å². The first-order valence-electron chi connectivity index (χ1n) is 11.5. The minimum absolute atomic E-state index is 0.0456. The van der Waals surface area contributed by atoms with Crippen molar-refractivity contribution in [3.8, 4) is 0 Å². The van der Waals surface area contributed by atoms with Crippen molar-refractivity contribution in [1.29, 1.82) is 0 Å². The molecule has 2 atom stereocenters. The first-order valence-corrected chi connectivity index (χ1v) is 11.5. The lowest BCUT2D eigenvalue weighted by Crippen LogP contribution is -2.48. The van der Waals surface area contributed by atoms with Crippen molar-refractivity contribution >= 4 is 22.8 Å². The molecule has 0 bridgehead atoms. The zero-order valence-corrected chi connectivity index (χ0v) is 18.4. The van der Waals surface area contributed by atoms with Crippen molar-refractivity contribution in [3.63, 3.8) is 0 Å². The molecule has 2 heterocycles. The van der Waals surface area contributed by atoms with Crippen LogP contribution in [0.3, 0.4) is 0 Å². The molecule has 1 saturated heterocycles. The van der Waals surface area contributed by atoms with Crippen LogP contribution in [0.2, 0.25) is 0 Å². The smallest absolute Gasteiger partial charge is 0.307 e. The number of aryl methyl sites for hydroxylation is 1. The maximum atomic E-state index is 12.9. The van der Waals surface area contributed by atoms with E-state index in [0.29, 0.717) is 23.1 Å². The maximum absolute atomic E-state index is 12.9. The lowest BCUT2D eigenvalue weighted by Gasteiger charge is -2.36. The number of ether oxygens (including phenoxy) is 1. The minimum atomic E-state index is -0.796. The summed E-state index contributed by atoms with van der Waals surface area (Å²) in [5, 5.41) is 0.604. The van der Waals surface area contributed by atoms with Gasteiger partial charge in [-0.1, -0.05) is 19.1 Å². The van der Waals surface area contributed by atoms with E-state index < -0.39 is 12.1 Å². The molecule has 0 spiro atoms. The van der Waals surface area contributed by atoms with E-state index in [-0.39, 0.29) is 30.0 Å². The summed E-state index contributed by atoms with van der Waals surface area (Å²) in [7, 11) is 0. The van der Waals surface area contributed by atoms with Crippen LogP contribution in [0.4, 0.5) is 0 Å². The van der Waals surface area contributed by atoms with E-state index in [4.69, 9.17) is 4.74 Å². The highest BCUT2D eigenvalue weighted by Crippen LogP contribution is 2.35. The molecule has 2 fully saturated rings. The molecule has 1 aliphatic carbocycles. The Morgan fingerprint density at radius 1 is 1.19 bits per heavy atom. The molecule has 31 heavy (non-hydrogen) atoms. The first kappa shape index (κ1) is 21.5. The van der Waals surface area contributed by atoms with Gasteiger partial charge in [-0.3, -0.25) is 19.0 Å². The Kier molecular flexibility index (Phi) is 6.39. The van der Waals surface area contributed by atoms with Crippen LogP contribution in [0.5, 0.6) is 0 Å². The normalized spacial score (nSPS) is 19.9. The van der Waals surface area contributed by atoms with E-state index in [9.17, 15) is 14.4 Å². The van der Waals surface area contributed by atoms with Crippen LogP contribution in [0.25, 0.3) is 10.9 Å². The third-order valence-corrected chi connectivity index (χ3v) is 6.38. The molecule has 7 heteroatoms. The van der Waals surface area contributed by atoms with Crippen LogP contribution in [0.1, 0.15) is 70.7 Å². The Balaban J connectivity index is 1.42. The first-order chi connectivity index (χ1) is 15.0. The second kappa shape index (κ2) is 9.20. The molecule has 2 aliphatic rings. The fraction of sp³-hybridized carbons (Fsp3) is 0.583. The van der Waals surface area contributed by atoms with Crippen LogP contribution in [0, 0.1) is 0 Å². The summed E-state index contributed by atoms with van der Waals surface area (Å²) in [5.74, 6) is 0.0680.